The van der Waals surface area contributed by atoms with Crippen LogP contribution in [0.2, 0.25) is 0 Å². The number of carboxylic acid groups (broad SMARTS) is 1. The van der Waals surface area contributed by atoms with Gasteiger partial charge in [0.05, 0.1) is 6.20 Å². The van der Waals surface area contributed by atoms with E-state index in [0.717, 1.165) is 5.56 Å². The Bertz CT molecular complexity index is 637. The van der Waals surface area contributed by atoms with Crippen LogP contribution in [-0.2, 0) is 16.0 Å². The Kier molecular flexibility index (Phi) is 5.30. The largest absolute Gasteiger partial charge is 0.480 e. The first kappa shape index (κ1) is 15.8. The van der Waals surface area contributed by atoms with Gasteiger partial charge in [-0.15, -0.1) is 0 Å². The monoisotopic (exact) mass is 302 g/mol. The molecule has 1 aromatic carbocycles. The maximum absolute atomic E-state index is 12.0. The SMILES string of the molecule is CCN(CC(=O)O)C(=O)CCc1ncc(-c2ccccc2)o1. The molecular formula is C16H18N2O4. The smallest absolute Gasteiger partial charge is 0.323 e. The molecule has 2 aromatic rings. The van der Waals surface area contributed by atoms with Crippen LogP contribution < -0.4 is 0 Å². The van der Waals surface area contributed by atoms with E-state index in [1.807, 2.05) is 30.3 Å². The molecule has 2 rings (SSSR count). The van der Waals surface area contributed by atoms with Crippen LogP contribution in [0.3, 0.4) is 0 Å². The third-order valence-corrected chi connectivity index (χ3v) is 3.23. The molecule has 0 atom stereocenters. The summed E-state index contributed by atoms with van der Waals surface area (Å²) in [5, 5.41) is 8.75. The van der Waals surface area contributed by atoms with Crippen LogP contribution in [0.1, 0.15) is 19.2 Å². The number of carbonyl (C=O) groups excluding carboxylic acids is 1. The molecule has 1 heterocycles. The number of aryl methyl sites for hydroxylation is 1. The zero-order valence-electron chi connectivity index (χ0n) is 12.4. The molecule has 0 radical (unpaired) electrons. The lowest BCUT2D eigenvalue weighted by molar-refractivity contribution is -0.144. The van der Waals surface area contributed by atoms with Gasteiger partial charge in [-0.2, -0.15) is 0 Å². The Morgan fingerprint density at radius 2 is 2.00 bits per heavy atom. The lowest BCUT2D eigenvalue weighted by atomic mass is 10.2. The van der Waals surface area contributed by atoms with Crippen molar-refractivity contribution in [3.8, 4) is 11.3 Å². The van der Waals surface area contributed by atoms with Crippen LogP contribution in [-0.4, -0.2) is 40.0 Å². The van der Waals surface area contributed by atoms with Crippen LogP contribution in [0.15, 0.2) is 40.9 Å². The van der Waals surface area contributed by atoms with E-state index in [4.69, 9.17) is 9.52 Å². The van der Waals surface area contributed by atoms with Crippen molar-refractivity contribution in [2.45, 2.75) is 19.8 Å². The van der Waals surface area contributed by atoms with Crippen molar-refractivity contribution in [1.29, 1.82) is 0 Å². The summed E-state index contributed by atoms with van der Waals surface area (Å²) in [4.78, 5) is 28.1. The number of carboxylic acids is 1. The minimum Gasteiger partial charge on any atom is -0.480 e. The molecule has 6 nitrogen and oxygen atoms in total. The van der Waals surface area contributed by atoms with Gasteiger partial charge in [0.2, 0.25) is 5.91 Å². The lowest BCUT2D eigenvalue weighted by Gasteiger charge is -2.17. The van der Waals surface area contributed by atoms with Gasteiger partial charge in [-0.05, 0) is 6.92 Å². The van der Waals surface area contributed by atoms with Gasteiger partial charge in [0.25, 0.3) is 0 Å². The number of carbonyl (C=O) groups is 2. The number of rotatable bonds is 7. The van der Waals surface area contributed by atoms with Gasteiger partial charge >= 0.3 is 5.97 Å². The molecule has 0 unspecified atom stereocenters. The molecule has 0 saturated heterocycles. The normalized spacial score (nSPS) is 10.4. The number of aliphatic carboxylic acids is 1. The lowest BCUT2D eigenvalue weighted by Crippen LogP contribution is -2.35. The van der Waals surface area contributed by atoms with E-state index in [-0.39, 0.29) is 18.9 Å². The van der Waals surface area contributed by atoms with E-state index < -0.39 is 5.97 Å². The molecule has 1 N–H and O–H groups in total. The highest BCUT2D eigenvalue weighted by atomic mass is 16.4. The van der Waals surface area contributed by atoms with Gasteiger partial charge in [-0.25, -0.2) is 4.98 Å². The summed E-state index contributed by atoms with van der Waals surface area (Å²) in [5.41, 5.74) is 0.925. The highest BCUT2D eigenvalue weighted by Gasteiger charge is 2.16. The van der Waals surface area contributed by atoms with Crippen LogP contribution in [0.25, 0.3) is 11.3 Å². The Morgan fingerprint density at radius 3 is 2.64 bits per heavy atom. The van der Waals surface area contributed by atoms with Crippen LogP contribution in [0.5, 0.6) is 0 Å². The van der Waals surface area contributed by atoms with E-state index in [9.17, 15) is 9.59 Å². The molecule has 6 heteroatoms. The summed E-state index contributed by atoms with van der Waals surface area (Å²) in [7, 11) is 0. The zero-order valence-corrected chi connectivity index (χ0v) is 12.4. The molecule has 0 saturated carbocycles. The second kappa shape index (κ2) is 7.40. The Balaban J connectivity index is 1.93. The number of aromatic nitrogens is 1. The molecule has 22 heavy (non-hydrogen) atoms. The Labute approximate surface area is 128 Å². The predicted octanol–water partition coefficient (Wildman–Crippen LogP) is 2.21. The number of likely N-dealkylation sites (N-methyl/N-ethyl adjacent to an activating group) is 1. The molecule has 0 fully saturated rings. The minimum absolute atomic E-state index is 0.176. The third-order valence-electron chi connectivity index (χ3n) is 3.23. The molecule has 116 valence electrons. The molecule has 1 aromatic heterocycles. The summed E-state index contributed by atoms with van der Waals surface area (Å²) < 4.78 is 5.62. The fourth-order valence-electron chi connectivity index (χ4n) is 2.07. The first-order valence-electron chi connectivity index (χ1n) is 7.10. The van der Waals surface area contributed by atoms with Crippen molar-refractivity contribution in [3.63, 3.8) is 0 Å². The van der Waals surface area contributed by atoms with Gasteiger partial charge in [0.15, 0.2) is 11.7 Å². The van der Waals surface area contributed by atoms with Gasteiger partial charge in [0.1, 0.15) is 6.54 Å². The summed E-state index contributed by atoms with van der Waals surface area (Å²) in [6, 6.07) is 9.57. The maximum atomic E-state index is 12.0. The van der Waals surface area contributed by atoms with Crippen LogP contribution in [0.4, 0.5) is 0 Å². The van der Waals surface area contributed by atoms with Crippen molar-refractivity contribution in [3.05, 3.63) is 42.4 Å². The Hall–Kier alpha value is -2.63. The van der Waals surface area contributed by atoms with E-state index in [2.05, 4.69) is 4.98 Å². The molecule has 0 spiro atoms. The van der Waals surface area contributed by atoms with E-state index in [1.54, 1.807) is 13.1 Å². The quantitative estimate of drug-likeness (QED) is 0.847. The fraction of sp³-hybridized carbons (Fsp3) is 0.312. The first-order chi connectivity index (χ1) is 10.6. The average molecular weight is 302 g/mol. The summed E-state index contributed by atoms with van der Waals surface area (Å²) >= 11 is 0. The second-order valence-electron chi connectivity index (χ2n) is 4.79. The Morgan fingerprint density at radius 1 is 1.27 bits per heavy atom. The number of hydrogen-bond donors (Lipinski definition) is 1. The molecule has 0 aliphatic rings. The van der Waals surface area contributed by atoms with Gasteiger partial charge in [0, 0.05) is 24.9 Å². The maximum Gasteiger partial charge on any atom is 0.323 e. The zero-order chi connectivity index (χ0) is 15.9. The van der Waals surface area contributed by atoms with Crippen molar-refractivity contribution in [2.24, 2.45) is 0 Å². The molecular weight excluding hydrogens is 284 g/mol. The topological polar surface area (TPSA) is 83.6 Å². The third kappa shape index (κ3) is 4.18. The number of nitrogens with zero attached hydrogens (tertiary/aromatic N) is 2. The predicted molar refractivity (Wildman–Crippen MR) is 80.1 cm³/mol. The van der Waals surface area contributed by atoms with Crippen molar-refractivity contribution in [2.75, 3.05) is 13.1 Å². The average Bonchev–Trinajstić information content (AvgIpc) is 3.00. The fourth-order valence-corrected chi connectivity index (χ4v) is 2.07. The van der Waals surface area contributed by atoms with Gasteiger partial charge < -0.3 is 14.4 Å². The molecule has 1 amide bonds. The number of amides is 1. The highest BCUT2D eigenvalue weighted by molar-refractivity contribution is 5.81. The van der Waals surface area contributed by atoms with Crippen LogP contribution in [0, 0.1) is 0 Å². The summed E-state index contributed by atoms with van der Waals surface area (Å²) in [5.74, 6) is -0.110. The minimum atomic E-state index is -1.02. The molecule has 0 aliphatic heterocycles. The molecule has 0 aliphatic carbocycles. The number of benzene rings is 1. The first-order valence-corrected chi connectivity index (χ1v) is 7.10. The van der Waals surface area contributed by atoms with Crippen LogP contribution >= 0.6 is 0 Å². The van der Waals surface area contributed by atoms with Crippen molar-refractivity contribution >= 4 is 11.9 Å². The summed E-state index contributed by atoms with van der Waals surface area (Å²) in [6.45, 7) is 1.83. The highest BCUT2D eigenvalue weighted by Crippen LogP contribution is 2.20. The van der Waals surface area contributed by atoms with Crippen molar-refractivity contribution in [1.82, 2.24) is 9.88 Å². The van der Waals surface area contributed by atoms with E-state index in [1.165, 1.54) is 4.90 Å². The van der Waals surface area contributed by atoms with Gasteiger partial charge in [-0.1, -0.05) is 30.3 Å². The van der Waals surface area contributed by atoms with E-state index in [0.29, 0.717) is 24.6 Å². The van der Waals surface area contributed by atoms with E-state index >= 15 is 0 Å². The number of oxazole rings is 1. The van der Waals surface area contributed by atoms with Crippen molar-refractivity contribution < 1.29 is 19.1 Å². The molecule has 0 bridgehead atoms. The second-order valence-corrected chi connectivity index (χ2v) is 4.79. The standard InChI is InChI=1S/C16H18N2O4/c1-2-18(11-16(20)21)15(19)9-8-14-17-10-13(22-14)12-6-4-3-5-7-12/h3-7,10H,2,8-9,11H2,1H3,(H,20,21). The van der Waals surface area contributed by atoms with Gasteiger partial charge in [-0.3, -0.25) is 9.59 Å². The number of hydrogen-bond acceptors (Lipinski definition) is 4. The summed E-state index contributed by atoms with van der Waals surface area (Å²) in [6.07, 6.45) is 2.15.